The van der Waals surface area contributed by atoms with Crippen molar-refractivity contribution < 1.29 is 18.3 Å². The van der Waals surface area contributed by atoms with Crippen LogP contribution in [-0.2, 0) is 18.0 Å². The molecule has 0 bridgehead atoms. The molecule has 1 unspecified atom stereocenters. The number of benzene rings is 2. The molecule has 0 saturated heterocycles. The van der Waals surface area contributed by atoms with Gasteiger partial charge in [-0.25, -0.2) is 0 Å². The van der Waals surface area contributed by atoms with Gasteiger partial charge in [0.05, 0.1) is 19.3 Å². The number of fused-ring (bicyclic) bond motifs is 1. The summed E-state index contributed by atoms with van der Waals surface area (Å²) in [5.74, 6) is 0.108. The van der Waals surface area contributed by atoms with Gasteiger partial charge in [-0.05, 0) is 22.8 Å². The largest absolute Gasteiger partial charge is 0.434 e. The lowest BCUT2D eigenvalue weighted by molar-refractivity contribution is -0.0505. The highest BCUT2D eigenvalue weighted by Gasteiger charge is 2.19. The van der Waals surface area contributed by atoms with Gasteiger partial charge >= 0.3 is 6.61 Å². The summed E-state index contributed by atoms with van der Waals surface area (Å²) < 4.78 is 34.8. The predicted octanol–water partition coefficient (Wildman–Crippen LogP) is 3.37. The molecule has 0 fully saturated rings. The third kappa shape index (κ3) is 2.89. The van der Waals surface area contributed by atoms with E-state index in [1.54, 1.807) is 18.2 Å². The van der Waals surface area contributed by atoms with Crippen LogP contribution in [0.15, 0.2) is 42.5 Å². The molecule has 1 heterocycles. The Kier molecular flexibility index (Phi) is 3.86. The second kappa shape index (κ2) is 5.79. The van der Waals surface area contributed by atoms with Gasteiger partial charge in [0, 0.05) is 5.56 Å². The molecule has 2 aromatic carbocycles. The average molecular weight is 291 g/mol. The molecule has 1 aliphatic rings. The number of alkyl halides is 2. The van der Waals surface area contributed by atoms with E-state index in [1.807, 2.05) is 18.2 Å². The van der Waals surface area contributed by atoms with Crippen molar-refractivity contribution in [2.24, 2.45) is 5.73 Å². The third-order valence-corrected chi connectivity index (χ3v) is 3.57. The summed E-state index contributed by atoms with van der Waals surface area (Å²) in [6, 6.07) is 11.9. The Morgan fingerprint density at radius 1 is 1.05 bits per heavy atom. The molecule has 3 nitrogen and oxygen atoms in total. The van der Waals surface area contributed by atoms with Crippen molar-refractivity contribution in [3.63, 3.8) is 0 Å². The maximum absolute atomic E-state index is 12.5. The maximum Gasteiger partial charge on any atom is 0.387 e. The Morgan fingerprint density at radius 2 is 1.81 bits per heavy atom. The van der Waals surface area contributed by atoms with E-state index < -0.39 is 12.7 Å². The molecule has 0 spiro atoms. The van der Waals surface area contributed by atoms with E-state index >= 15 is 0 Å². The second-order valence-electron chi connectivity index (χ2n) is 4.91. The normalized spacial score (nSPS) is 15.0. The zero-order valence-corrected chi connectivity index (χ0v) is 11.3. The summed E-state index contributed by atoms with van der Waals surface area (Å²) in [6.07, 6.45) is 0. The summed E-state index contributed by atoms with van der Waals surface area (Å²) in [5, 5.41) is 0. The van der Waals surface area contributed by atoms with Gasteiger partial charge in [0.1, 0.15) is 5.75 Å². The molecular weight excluding hydrogens is 276 g/mol. The van der Waals surface area contributed by atoms with Crippen LogP contribution in [0, 0.1) is 0 Å². The predicted molar refractivity (Wildman–Crippen MR) is 74.0 cm³/mol. The minimum absolute atomic E-state index is 0.108. The first-order valence-electron chi connectivity index (χ1n) is 6.64. The van der Waals surface area contributed by atoms with Gasteiger partial charge in [0.2, 0.25) is 0 Å². The van der Waals surface area contributed by atoms with Crippen LogP contribution in [0.1, 0.15) is 28.3 Å². The summed E-state index contributed by atoms with van der Waals surface area (Å²) in [7, 11) is 0. The molecule has 110 valence electrons. The van der Waals surface area contributed by atoms with E-state index in [4.69, 9.17) is 10.5 Å². The van der Waals surface area contributed by atoms with Crippen molar-refractivity contribution in [3.05, 3.63) is 64.7 Å². The molecule has 5 heteroatoms. The highest BCUT2D eigenvalue weighted by Crippen LogP contribution is 2.31. The smallest absolute Gasteiger partial charge is 0.387 e. The zero-order valence-electron chi connectivity index (χ0n) is 11.3. The van der Waals surface area contributed by atoms with Gasteiger partial charge in [0.25, 0.3) is 0 Å². The van der Waals surface area contributed by atoms with E-state index in [1.165, 1.54) is 6.07 Å². The second-order valence-corrected chi connectivity index (χ2v) is 4.91. The molecule has 3 rings (SSSR count). The number of hydrogen-bond donors (Lipinski definition) is 1. The van der Waals surface area contributed by atoms with Crippen molar-refractivity contribution in [2.75, 3.05) is 0 Å². The van der Waals surface area contributed by atoms with E-state index in [9.17, 15) is 8.78 Å². The monoisotopic (exact) mass is 291 g/mol. The Labute approximate surface area is 121 Å². The first kappa shape index (κ1) is 14.0. The molecular formula is C16H15F2NO2. The van der Waals surface area contributed by atoms with Crippen LogP contribution < -0.4 is 10.5 Å². The first-order valence-corrected chi connectivity index (χ1v) is 6.64. The van der Waals surface area contributed by atoms with Crippen molar-refractivity contribution in [2.45, 2.75) is 25.9 Å². The number of ether oxygens (including phenoxy) is 2. The van der Waals surface area contributed by atoms with Crippen LogP contribution in [0.25, 0.3) is 0 Å². The summed E-state index contributed by atoms with van der Waals surface area (Å²) in [5.41, 5.74) is 9.85. The fourth-order valence-electron chi connectivity index (χ4n) is 2.51. The average Bonchev–Trinajstić information content (AvgIpc) is 2.94. The number of rotatable bonds is 4. The zero-order chi connectivity index (χ0) is 14.8. The maximum atomic E-state index is 12.5. The van der Waals surface area contributed by atoms with Crippen LogP contribution in [0.3, 0.4) is 0 Å². The van der Waals surface area contributed by atoms with Crippen LogP contribution in [0.4, 0.5) is 8.78 Å². The van der Waals surface area contributed by atoms with Crippen LogP contribution in [0.5, 0.6) is 5.75 Å². The van der Waals surface area contributed by atoms with Crippen molar-refractivity contribution in [1.82, 2.24) is 0 Å². The Bertz CT molecular complexity index is 646. The molecule has 2 aromatic rings. The molecule has 1 aliphatic heterocycles. The topological polar surface area (TPSA) is 44.5 Å². The third-order valence-electron chi connectivity index (χ3n) is 3.57. The van der Waals surface area contributed by atoms with Crippen molar-refractivity contribution in [3.8, 4) is 5.75 Å². The Morgan fingerprint density at radius 3 is 2.62 bits per heavy atom. The molecule has 0 aliphatic carbocycles. The Hall–Kier alpha value is -1.98. The lowest BCUT2D eigenvalue weighted by Gasteiger charge is -2.17. The first-order chi connectivity index (χ1) is 10.1. The minimum Gasteiger partial charge on any atom is -0.434 e. The molecule has 0 amide bonds. The molecule has 0 radical (unpaired) electrons. The van der Waals surface area contributed by atoms with Gasteiger partial charge < -0.3 is 15.2 Å². The molecule has 1 atom stereocenters. The summed E-state index contributed by atoms with van der Waals surface area (Å²) >= 11 is 0. The molecule has 0 aromatic heterocycles. The van der Waals surface area contributed by atoms with Gasteiger partial charge in [-0.3, -0.25) is 0 Å². The number of hydrogen-bond acceptors (Lipinski definition) is 3. The highest BCUT2D eigenvalue weighted by atomic mass is 19.3. The Balaban J connectivity index is 1.93. The SMILES string of the molecule is NC(c1ccc2c(c1)COC2)c1ccccc1OC(F)F. The molecule has 0 saturated carbocycles. The minimum atomic E-state index is -2.87. The van der Waals surface area contributed by atoms with Gasteiger partial charge in [-0.1, -0.05) is 36.4 Å². The molecule has 2 N–H and O–H groups in total. The van der Waals surface area contributed by atoms with E-state index in [0.29, 0.717) is 18.8 Å². The van der Waals surface area contributed by atoms with Crippen LogP contribution in [0.2, 0.25) is 0 Å². The highest BCUT2D eigenvalue weighted by molar-refractivity contribution is 5.43. The van der Waals surface area contributed by atoms with Gasteiger partial charge in [-0.15, -0.1) is 0 Å². The fourth-order valence-corrected chi connectivity index (χ4v) is 2.51. The van der Waals surface area contributed by atoms with Gasteiger partial charge in [-0.2, -0.15) is 8.78 Å². The fraction of sp³-hybridized carbons (Fsp3) is 0.250. The van der Waals surface area contributed by atoms with Crippen molar-refractivity contribution in [1.29, 1.82) is 0 Å². The van der Waals surface area contributed by atoms with Crippen LogP contribution in [-0.4, -0.2) is 6.61 Å². The summed E-state index contributed by atoms with van der Waals surface area (Å²) in [6.45, 7) is -1.70. The number of para-hydroxylation sites is 1. The van der Waals surface area contributed by atoms with Crippen LogP contribution >= 0.6 is 0 Å². The number of nitrogens with two attached hydrogens (primary N) is 1. The van der Waals surface area contributed by atoms with E-state index in [2.05, 4.69) is 4.74 Å². The quantitative estimate of drug-likeness (QED) is 0.939. The molecule has 21 heavy (non-hydrogen) atoms. The number of halogens is 2. The van der Waals surface area contributed by atoms with Gasteiger partial charge in [0.15, 0.2) is 0 Å². The van der Waals surface area contributed by atoms with E-state index in [-0.39, 0.29) is 5.75 Å². The lowest BCUT2D eigenvalue weighted by Crippen LogP contribution is -2.15. The lowest BCUT2D eigenvalue weighted by atomic mass is 9.96. The van der Waals surface area contributed by atoms with E-state index in [0.717, 1.165) is 16.7 Å². The standard InChI is InChI=1S/C16H15F2NO2/c17-16(18)21-14-4-2-1-3-13(14)15(19)10-5-6-11-8-20-9-12(11)7-10/h1-7,15-16H,8-9,19H2. The van der Waals surface area contributed by atoms with Crippen molar-refractivity contribution >= 4 is 0 Å². The summed E-state index contributed by atoms with van der Waals surface area (Å²) in [4.78, 5) is 0.